The first-order valence-corrected chi connectivity index (χ1v) is 6.82. The van der Waals surface area contributed by atoms with Gasteiger partial charge in [-0.15, -0.1) is 0 Å². The predicted molar refractivity (Wildman–Crippen MR) is 68.1 cm³/mol. The van der Waals surface area contributed by atoms with Gasteiger partial charge in [0.05, 0.1) is 4.90 Å². The number of hydrogen-bond acceptors (Lipinski definition) is 4. The quantitative estimate of drug-likeness (QED) is 0.835. The Morgan fingerprint density at radius 1 is 1.39 bits per heavy atom. The summed E-state index contributed by atoms with van der Waals surface area (Å²) < 4.78 is 27.6. The van der Waals surface area contributed by atoms with Crippen LogP contribution >= 0.6 is 0 Å². The van der Waals surface area contributed by atoms with E-state index in [2.05, 4.69) is 0 Å². The second kappa shape index (κ2) is 5.79. The van der Waals surface area contributed by atoms with E-state index in [9.17, 15) is 13.2 Å². The first-order valence-electron chi connectivity index (χ1n) is 5.28. The summed E-state index contributed by atoms with van der Waals surface area (Å²) in [6.45, 7) is 2.99. The summed E-state index contributed by atoms with van der Waals surface area (Å²) in [5.74, 6) is -0.396. The van der Waals surface area contributed by atoms with Gasteiger partial charge in [-0.2, -0.15) is 0 Å². The molecule has 18 heavy (non-hydrogen) atoms. The van der Waals surface area contributed by atoms with Gasteiger partial charge in [-0.05, 0) is 24.6 Å². The van der Waals surface area contributed by atoms with Crippen molar-refractivity contribution in [3.05, 3.63) is 35.9 Å². The van der Waals surface area contributed by atoms with E-state index in [1.165, 1.54) is 13.0 Å². The molecule has 98 valence electrons. The Morgan fingerprint density at radius 3 is 2.56 bits per heavy atom. The molecule has 1 atom stereocenters. The smallest absolute Gasteiger partial charge is 0.303 e. The van der Waals surface area contributed by atoms with Crippen LogP contribution < -0.4 is 5.14 Å². The van der Waals surface area contributed by atoms with Gasteiger partial charge in [-0.1, -0.05) is 24.3 Å². The maximum Gasteiger partial charge on any atom is 0.303 e. The number of carbonyl (C=O) groups is 1. The van der Waals surface area contributed by atoms with E-state index in [1.54, 1.807) is 37.3 Å². The van der Waals surface area contributed by atoms with Crippen LogP contribution in [0.25, 0.3) is 6.08 Å². The van der Waals surface area contributed by atoms with E-state index < -0.39 is 22.1 Å². The molecule has 0 fully saturated rings. The first kappa shape index (κ1) is 14.4. The molecule has 0 bridgehead atoms. The maximum absolute atomic E-state index is 11.3. The molecule has 1 aromatic rings. The van der Waals surface area contributed by atoms with Crippen LogP contribution in [0.15, 0.2) is 35.2 Å². The molecule has 0 saturated heterocycles. The van der Waals surface area contributed by atoms with Crippen molar-refractivity contribution in [2.75, 3.05) is 0 Å². The fourth-order valence-corrected chi connectivity index (χ4v) is 2.15. The molecule has 0 aliphatic heterocycles. The van der Waals surface area contributed by atoms with Crippen molar-refractivity contribution in [3.8, 4) is 0 Å². The van der Waals surface area contributed by atoms with Gasteiger partial charge in [-0.25, -0.2) is 13.6 Å². The normalized spacial score (nSPS) is 13.5. The minimum absolute atomic E-state index is 0.0382. The van der Waals surface area contributed by atoms with Crippen LogP contribution in [0.2, 0.25) is 0 Å². The molecule has 0 aliphatic carbocycles. The molecule has 1 unspecified atom stereocenters. The van der Waals surface area contributed by atoms with Crippen molar-refractivity contribution in [1.29, 1.82) is 0 Å². The van der Waals surface area contributed by atoms with Gasteiger partial charge < -0.3 is 4.74 Å². The highest BCUT2D eigenvalue weighted by molar-refractivity contribution is 7.89. The lowest BCUT2D eigenvalue weighted by Gasteiger charge is -2.07. The van der Waals surface area contributed by atoms with Crippen molar-refractivity contribution in [3.63, 3.8) is 0 Å². The molecule has 0 aliphatic rings. The van der Waals surface area contributed by atoms with Crippen LogP contribution in [-0.4, -0.2) is 20.5 Å². The maximum atomic E-state index is 11.3. The molecular formula is C12H15NO4S. The molecule has 0 amide bonds. The summed E-state index contributed by atoms with van der Waals surface area (Å²) in [5.41, 5.74) is 0.457. The second-order valence-electron chi connectivity index (χ2n) is 3.76. The summed E-state index contributed by atoms with van der Waals surface area (Å²) in [4.78, 5) is 10.8. The van der Waals surface area contributed by atoms with E-state index in [0.29, 0.717) is 5.56 Å². The van der Waals surface area contributed by atoms with Crippen LogP contribution in [0.4, 0.5) is 0 Å². The van der Waals surface area contributed by atoms with Gasteiger partial charge in [0.1, 0.15) is 6.10 Å². The van der Waals surface area contributed by atoms with Crippen LogP contribution in [0.5, 0.6) is 0 Å². The van der Waals surface area contributed by atoms with Crippen LogP contribution in [0.1, 0.15) is 19.4 Å². The molecule has 1 rings (SSSR count). The highest BCUT2D eigenvalue weighted by Crippen LogP contribution is 2.15. The number of primary sulfonamides is 1. The lowest BCUT2D eigenvalue weighted by Crippen LogP contribution is -2.13. The number of carbonyl (C=O) groups excluding carboxylic acids is 1. The third-order valence-corrected chi connectivity index (χ3v) is 3.11. The number of nitrogens with two attached hydrogens (primary N) is 1. The van der Waals surface area contributed by atoms with Crippen molar-refractivity contribution >= 4 is 22.1 Å². The summed E-state index contributed by atoms with van der Waals surface area (Å²) in [5, 5.41) is 5.10. The zero-order chi connectivity index (χ0) is 13.8. The number of esters is 1. The zero-order valence-electron chi connectivity index (χ0n) is 10.2. The average molecular weight is 269 g/mol. The monoisotopic (exact) mass is 269 g/mol. The van der Waals surface area contributed by atoms with Crippen molar-refractivity contribution in [1.82, 2.24) is 0 Å². The minimum atomic E-state index is -3.76. The van der Waals surface area contributed by atoms with Crippen LogP contribution in [0, 0.1) is 0 Å². The van der Waals surface area contributed by atoms with Crippen molar-refractivity contribution in [2.45, 2.75) is 24.8 Å². The Labute approximate surface area is 106 Å². The fourth-order valence-electron chi connectivity index (χ4n) is 1.42. The summed E-state index contributed by atoms with van der Waals surface area (Å²) in [6.07, 6.45) is 2.72. The third-order valence-electron chi connectivity index (χ3n) is 2.12. The van der Waals surface area contributed by atoms with Gasteiger partial charge in [0, 0.05) is 6.92 Å². The third kappa shape index (κ3) is 4.31. The highest BCUT2D eigenvalue weighted by atomic mass is 32.2. The number of ether oxygens (including phenoxy) is 1. The number of rotatable bonds is 4. The van der Waals surface area contributed by atoms with Crippen molar-refractivity contribution in [2.24, 2.45) is 5.14 Å². The molecule has 2 N–H and O–H groups in total. The highest BCUT2D eigenvalue weighted by Gasteiger charge is 2.11. The standard InChI is InChI=1S/C12H15NO4S/c1-9(17-10(2)14)7-8-11-5-3-4-6-12(11)18(13,15)16/h3-9H,1-2H3,(H2,13,15,16). The van der Waals surface area contributed by atoms with Gasteiger partial charge in [0.2, 0.25) is 10.0 Å². The average Bonchev–Trinajstić information content (AvgIpc) is 2.24. The van der Waals surface area contributed by atoms with Crippen LogP contribution in [0.3, 0.4) is 0 Å². The zero-order valence-corrected chi connectivity index (χ0v) is 11.0. The fraction of sp³-hybridized carbons (Fsp3) is 0.250. The van der Waals surface area contributed by atoms with Crippen LogP contribution in [-0.2, 0) is 19.6 Å². The predicted octanol–water partition coefficient (Wildman–Crippen LogP) is 1.30. The molecule has 0 saturated carbocycles. The molecule has 0 radical (unpaired) electrons. The second-order valence-corrected chi connectivity index (χ2v) is 5.29. The van der Waals surface area contributed by atoms with E-state index in [-0.39, 0.29) is 4.90 Å². The molecule has 0 heterocycles. The SMILES string of the molecule is CC(=O)OC(C)C=Cc1ccccc1S(N)(=O)=O. The minimum Gasteiger partial charge on any atom is -0.459 e. The Bertz CT molecular complexity index is 563. The van der Waals surface area contributed by atoms with Gasteiger partial charge in [-0.3, -0.25) is 4.79 Å². The topological polar surface area (TPSA) is 86.5 Å². The molecule has 6 heteroatoms. The molecular weight excluding hydrogens is 254 g/mol. The van der Waals surface area contributed by atoms with E-state index in [4.69, 9.17) is 9.88 Å². The van der Waals surface area contributed by atoms with Crippen molar-refractivity contribution < 1.29 is 17.9 Å². The number of benzene rings is 1. The molecule has 0 spiro atoms. The lowest BCUT2D eigenvalue weighted by molar-refractivity contribution is -0.143. The molecule has 5 nitrogen and oxygen atoms in total. The van der Waals surface area contributed by atoms with Gasteiger partial charge in [0.15, 0.2) is 0 Å². The van der Waals surface area contributed by atoms with E-state index >= 15 is 0 Å². The summed E-state index contributed by atoms with van der Waals surface area (Å²) in [6, 6.07) is 6.33. The van der Waals surface area contributed by atoms with Gasteiger partial charge in [0.25, 0.3) is 0 Å². The number of sulfonamides is 1. The van der Waals surface area contributed by atoms with Gasteiger partial charge >= 0.3 is 5.97 Å². The Balaban J connectivity index is 2.98. The number of hydrogen-bond donors (Lipinski definition) is 1. The molecule has 1 aromatic carbocycles. The van der Waals surface area contributed by atoms with E-state index in [1.807, 2.05) is 0 Å². The molecule has 0 aromatic heterocycles. The first-order chi connectivity index (χ1) is 8.30. The summed E-state index contributed by atoms with van der Waals surface area (Å²) >= 11 is 0. The lowest BCUT2D eigenvalue weighted by atomic mass is 10.2. The Hall–Kier alpha value is -1.66. The Kier molecular flexibility index (Phi) is 4.63. The van der Waals surface area contributed by atoms with E-state index in [0.717, 1.165) is 0 Å². The summed E-state index contributed by atoms with van der Waals surface area (Å²) in [7, 11) is -3.76. The largest absolute Gasteiger partial charge is 0.459 e. The Morgan fingerprint density at radius 2 is 2.00 bits per heavy atom.